The normalized spacial score (nSPS) is 14.8. The van der Waals surface area contributed by atoms with Gasteiger partial charge in [0.2, 0.25) is 10.0 Å². The highest BCUT2D eigenvalue weighted by Crippen LogP contribution is 2.18. The minimum atomic E-state index is -3.53. The fourth-order valence-corrected chi connectivity index (χ4v) is 3.90. The molecule has 0 fully saturated rings. The van der Waals surface area contributed by atoms with Gasteiger partial charge in [-0.1, -0.05) is 41.9 Å². The van der Waals surface area contributed by atoms with E-state index in [2.05, 4.69) is 20.7 Å². The monoisotopic (exact) mass is 410 g/mol. The molecule has 7 heteroatoms. The zero-order valence-corrected chi connectivity index (χ0v) is 16.3. The molecule has 0 aromatic heterocycles. The maximum atomic E-state index is 12.2. The van der Waals surface area contributed by atoms with E-state index < -0.39 is 15.6 Å². The first-order chi connectivity index (χ1) is 9.66. The molecule has 0 amide bonds. The molecule has 1 aromatic rings. The van der Waals surface area contributed by atoms with E-state index in [1.807, 2.05) is 45.0 Å². The van der Waals surface area contributed by atoms with Crippen molar-refractivity contribution in [2.45, 2.75) is 32.7 Å². The largest absolute Gasteiger partial charge is 0.329 e. The average molecular weight is 412 g/mol. The van der Waals surface area contributed by atoms with E-state index in [1.165, 1.54) is 5.41 Å². The Morgan fingerprint density at radius 3 is 2.55 bits per heavy atom. The number of sulfonamides is 1. The van der Waals surface area contributed by atoms with Crippen LogP contribution in [0.3, 0.4) is 0 Å². The van der Waals surface area contributed by atoms with Crippen LogP contribution in [0.2, 0.25) is 0 Å². The third-order valence-electron chi connectivity index (χ3n) is 2.99. The lowest BCUT2D eigenvalue weighted by molar-refractivity contribution is 0.346. The van der Waals surface area contributed by atoms with Gasteiger partial charge in [0.1, 0.15) is 0 Å². The summed E-state index contributed by atoms with van der Waals surface area (Å²) in [6.07, 6.45) is 2.26. The Morgan fingerprint density at radius 2 is 2.05 bits per heavy atom. The molecule has 0 aliphatic carbocycles. The topological polar surface area (TPSA) is 72.2 Å². The SMILES string of the molecule is CC(C)CC(C)(CN)NS(=O)(=O)C=Cc1cccc(Br)c1.Cl. The van der Waals surface area contributed by atoms with Crippen LogP contribution < -0.4 is 10.5 Å². The lowest BCUT2D eigenvalue weighted by Crippen LogP contribution is -2.51. The van der Waals surface area contributed by atoms with Crippen LogP contribution >= 0.6 is 28.3 Å². The lowest BCUT2D eigenvalue weighted by Gasteiger charge is -2.30. The zero-order chi connectivity index (χ0) is 16.1. The molecule has 0 bridgehead atoms. The molecule has 1 rings (SSSR count). The van der Waals surface area contributed by atoms with Crippen molar-refractivity contribution in [3.63, 3.8) is 0 Å². The van der Waals surface area contributed by atoms with Gasteiger partial charge < -0.3 is 5.73 Å². The molecule has 0 aliphatic rings. The van der Waals surface area contributed by atoms with E-state index in [-0.39, 0.29) is 19.0 Å². The van der Waals surface area contributed by atoms with Gasteiger partial charge in [-0.15, -0.1) is 12.4 Å². The first-order valence-corrected chi connectivity index (χ1v) is 9.17. The molecule has 0 spiro atoms. The third-order valence-corrected chi connectivity index (χ3v) is 4.75. The van der Waals surface area contributed by atoms with Gasteiger partial charge in [0, 0.05) is 22.0 Å². The summed E-state index contributed by atoms with van der Waals surface area (Å²) < 4.78 is 27.9. The number of rotatable bonds is 7. The van der Waals surface area contributed by atoms with Crippen LogP contribution in [0.5, 0.6) is 0 Å². The van der Waals surface area contributed by atoms with Gasteiger partial charge in [0.25, 0.3) is 0 Å². The van der Waals surface area contributed by atoms with Crippen LogP contribution in [0.4, 0.5) is 0 Å². The molecule has 0 saturated heterocycles. The molecule has 3 N–H and O–H groups in total. The average Bonchev–Trinajstić information content (AvgIpc) is 2.35. The van der Waals surface area contributed by atoms with Gasteiger partial charge in [-0.3, -0.25) is 0 Å². The van der Waals surface area contributed by atoms with Gasteiger partial charge in [-0.25, -0.2) is 13.1 Å². The van der Waals surface area contributed by atoms with Crippen molar-refractivity contribution in [2.24, 2.45) is 11.7 Å². The summed E-state index contributed by atoms with van der Waals surface area (Å²) in [5.41, 5.74) is 5.92. The highest BCUT2D eigenvalue weighted by molar-refractivity contribution is 9.10. The predicted octanol–water partition coefficient (Wildman–Crippen LogP) is 3.52. The number of benzene rings is 1. The van der Waals surface area contributed by atoms with Gasteiger partial charge in [-0.05, 0) is 43.0 Å². The maximum absolute atomic E-state index is 12.2. The molecule has 1 aromatic carbocycles. The number of hydrogen-bond donors (Lipinski definition) is 2. The van der Waals surface area contributed by atoms with Crippen molar-refractivity contribution in [3.05, 3.63) is 39.7 Å². The molecule has 4 nitrogen and oxygen atoms in total. The fraction of sp³-hybridized carbons (Fsp3) is 0.467. The summed E-state index contributed by atoms with van der Waals surface area (Å²) in [5, 5.41) is 1.18. The van der Waals surface area contributed by atoms with Gasteiger partial charge in [-0.2, -0.15) is 0 Å². The Balaban J connectivity index is 0.00000441. The minimum absolute atomic E-state index is 0. The molecule has 1 unspecified atom stereocenters. The van der Waals surface area contributed by atoms with E-state index in [0.29, 0.717) is 12.3 Å². The lowest BCUT2D eigenvalue weighted by atomic mass is 9.92. The molecule has 126 valence electrons. The van der Waals surface area contributed by atoms with Crippen LogP contribution in [0, 0.1) is 5.92 Å². The second-order valence-corrected chi connectivity index (χ2v) is 8.35. The molecule has 1 atom stereocenters. The van der Waals surface area contributed by atoms with E-state index >= 15 is 0 Å². The smallest absolute Gasteiger partial charge is 0.234 e. The molecule has 22 heavy (non-hydrogen) atoms. The summed E-state index contributed by atoms with van der Waals surface area (Å²) >= 11 is 3.35. The van der Waals surface area contributed by atoms with Crippen LogP contribution in [0.1, 0.15) is 32.8 Å². The maximum Gasteiger partial charge on any atom is 0.234 e. The summed E-state index contributed by atoms with van der Waals surface area (Å²) in [6, 6.07) is 7.43. The first kappa shape index (κ1) is 21.6. The van der Waals surface area contributed by atoms with Crippen molar-refractivity contribution in [1.82, 2.24) is 4.72 Å². The first-order valence-electron chi connectivity index (χ1n) is 6.83. The highest BCUT2D eigenvalue weighted by Gasteiger charge is 2.28. The Kier molecular flexibility index (Phi) is 8.87. The van der Waals surface area contributed by atoms with Gasteiger partial charge in [0.05, 0.1) is 0 Å². The van der Waals surface area contributed by atoms with Gasteiger partial charge in [0.15, 0.2) is 0 Å². The Hall–Kier alpha value is -0.400. The van der Waals surface area contributed by atoms with Crippen molar-refractivity contribution in [2.75, 3.05) is 6.54 Å². The van der Waals surface area contributed by atoms with Crippen LogP contribution in [0.15, 0.2) is 34.1 Å². The summed E-state index contributed by atoms with van der Waals surface area (Å²) in [5.74, 6) is 0.357. The van der Waals surface area contributed by atoms with E-state index in [0.717, 1.165) is 10.0 Å². The van der Waals surface area contributed by atoms with Crippen LogP contribution in [-0.2, 0) is 10.0 Å². The quantitative estimate of drug-likeness (QED) is 0.721. The number of nitrogens with two attached hydrogens (primary N) is 1. The summed E-state index contributed by atoms with van der Waals surface area (Å²) in [7, 11) is -3.53. The van der Waals surface area contributed by atoms with Crippen LogP contribution in [0.25, 0.3) is 6.08 Å². The second-order valence-electron chi connectivity index (χ2n) is 5.87. The van der Waals surface area contributed by atoms with Crippen molar-refractivity contribution in [1.29, 1.82) is 0 Å². The number of halogens is 2. The third kappa shape index (κ3) is 7.74. The van der Waals surface area contributed by atoms with E-state index in [1.54, 1.807) is 6.08 Å². The zero-order valence-electron chi connectivity index (χ0n) is 13.0. The van der Waals surface area contributed by atoms with Crippen molar-refractivity contribution >= 4 is 44.4 Å². The second kappa shape index (κ2) is 9.03. The van der Waals surface area contributed by atoms with Crippen LogP contribution in [-0.4, -0.2) is 20.5 Å². The molecule has 0 radical (unpaired) electrons. The molecular weight excluding hydrogens is 388 g/mol. The molecule has 0 aliphatic heterocycles. The number of hydrogen-bond acceptors (Lipinski definition) is 3. The number of nitrogens with one attached hydrogen (secondary N) is 1. The van der Waals surface area contributed by atoms with Crippen molar-refractivity contribution < 1.29 is 8.42 Å². The minimum Gasteiger partial charge on any atom is -0.329 e. The molecule has 0 heterocycles. The molecular formula is C15H24BrClN2O2S. The Labute approximate surface area is 148 Å². The Morgan fingerprint density at radius 1 is 1.41 bits per heavy atom. The Bertz CT molecular complexity index is 605. The summed E-state index contributed by atoms with van der Waals surface area (Å²) in [4.78, 5) is 0. The predicted molar refractivity (Wildman–Crippen MR) is 99.4 cm³/mol. The molecule has 0 saturated carbocycles. The fourth-order valence-electron chi connectivity index (χ4n) is 2.22. The van der Waals surface area contributed by atoms with Gasteiger partial charge >= 0.3 is 0 Å². The van der Waals surface area contributed by atoms with Crippen molar-refractivity contribution in [3.8, 4) is 0 Å². The summed E-state index contributed by atoms with van der Waals surface area (Å²) in [6.45, 7) is 6.17. The standard InChI is InChI=1S/C15H23BrN2O2S.ClH/c1-12(2)10-15(3,11-17)18-21(19,20)8-7-13-5-4-6-14(16)9-13;/h4-9,12,18H,10-11,17H2,1-3H3;1H. The van der Waals surface area contributed by atoms with E-state index in [9.17, 15) is 8.42 Å². The highest BCUT2D eigenvalue weighted by atomic mass is 79.9. The van der Waals surface area contributed by atoms with E-state index in [4.69, 9.17) is 5.73 Å².